The maximum atomic E-state index is 13.3. The Labute approximate surface area is 202 Å². The highest BCUT2D eigenvalue weighted by atomic mass is 16.5. The van der Waals surface area contributed by atoms with Crippen LogP contribution in [0.4, 0.5) is 4.79 Å². The number of hydrogen-bond donors (Lipinski definition) is 3. The molecule has 2 aromatic heterocycles. The van der Waals surface area contributed by atoms with Gasteiger partial charge in [0.2, 0.25) is 0 Å². The molecule has 3 N–H and O–H groups in total. The molecule has 1 aliphatic carbocycles. The summed E-state index contributed by atoms with van der Waals surface area (Å²) in [5, 5.41) is 12.2. The number of carboxylic acid groups (broad SMARTS) is 1. The lowest BCUT2D eigenvalue weighted by Gasteiger charge is -2.30. The SMILES string of the molecule is COc1ccc(OCC2CC2)c(-c2ncnc3c(C(=O)NC4CCN(C(=O)O)CC4)c(C)[nH]c23)c1. The van der Waals surface area contributed by atoms with Crippen molar-refractivity contribution < 1.29 is 24.2 Å². The van der Waals surface area contributed by atoms with Gasteiger partial charge in [0.05, 0.1) is 24.8 Å². The fourth-order valence-corrected chi connectivity index (χ4v) is 4.52. The summed E-state index contributed by atoms with van der Waals surface area (Å²) in [6.45, 7) is 3.30. The van der Waals surface area contributed by atoms with E-state index in [-0.39, 0.29) is 11.9 Å². The number of rotatable bonds is 7. The molecule has 1 saturated carbocycles. The smallest absolute Gasteiger partial charge is 0.407 e. The Balaban J connectivity index is 1.45. The van der Waals surface area contributed by atoms with Gasteiger partial charge in [0.25, 0.3) is 5.91 Å². The fourth-order valence-electron chi connectivity index (χ4n) is 4.52. The third kappa shape index (κ3) is 4.73. The highest BCUT2D eigenvalue weighted by molar-refractivity contribution is 6.09. The minimum atomic E-state index is -0.926. The number of nitrogens with one attached hydrogen (secondary N) is 2. The Bertz CT molecular complexity index is 1260. The zero-order valence-corrected chi connectivity index (χ0v) is 19.8. The van der Waals surface area contributed by atoms with Crippen molar-refractivity contribution in [1.29, 1.82) is 0 Å². The molecule has 0 spiro atoms. The van der Waals surface area contributed by atoms with Crippen molar-refractivity contribution in [2.45, 2.75) is 38.6 Å². The molecule has 1 saturated heterocycles. The number of piperidine rings is 1. The summed E-state index contributed by atoms with van der Waals surface area (Å²) < 4.78 is 11.6. The van der Waals surface area contributed by atoms with Gasteiger partial charge in [-0.2, -0.15) is 0 Å². The number of methoxy groups -OCH3 is 1. The summed E-state index contributed by atoms with van der Waals surface area (Å²) in [4.78, 5) is 38.1. The van der Waals surface area contributed by atoms with Crippen LogP contribution in [-0.4, -0.2) is 69.8 Å². The highest BCUT2D eigenvalue weighted by Crippen LogP contribution is 2.38. The van der Waals surface area contributed by atoms with E-state index in [0.717, 1.165) is 5.56 Å². The monoisotopic (exact) mass is 479 g/mol. The van der Waals surface area contributed by atoms with Gasteiger partial charge in [-0.25, -0.2) is 14.8 Å². The minimum absolute atomic E-state index is 0.0930. The number of aryl methyl sites for hydroxylation is 1. The Morgan fingerprint density at radius 2 is 1.97 bits per heavy atom. The number of ether oxygens (including phenoxy) is 2. The quantitative estimate of drug-likeness (QED) is 0.472. The van der Waals surface area contributed by atoms with E-state index in [2.05, 4.69) is 20.3 Å². The fraction of sp³-hybridized carbons (Fsp3) is 0.440. The molecule has 2 fully saturated rings. The molecule has 184 valence electrons. The number of amides is 2. The zero-order chi connectivity index (χ0) is 24.5. The Morgan fingerprint density at radius 3 is 2.66 bits per heavy atom. The largest absolute Gasteiger partial charge is 0.497 e. The van der Waals surface area contributed by atoms with Crippen LogP contribution in [0.1, 0.15) is 41.7 Å². The summed E-state index contributed by atoms with van der Waals surface area (Å²) in [6, 6.07) is 5.54. The topological polar surface area (TPSA) is 130 Å². The number of aromatic nitrogens is 3. The predicted molar refractivity (Wildman–Crippen MR) is 129 cm³/mol. The van der Waals surface area contributed by atoms with E-state index in [1.54, 1.807) is 7.11 Å². The molecule has 0 unspecified atom stereocenters. The van der Waals surface area contributed by atoms with Crippen LogP contribution in [0, 0.1) is 12.8 Å². The van der Waals surface area contributed by atoms with Gasteiger partial charge in [-0.1, -0.05) is 0 Å². The van der Waals surface area contributed by atoms with Gasteiger partial charge in [0.1, 0.15) is 29.0 Å². The zero-order valence-electron chi connectivity index (χ0n) is 19.8. The van der Waals surface area contributed by atoms with Crippen molar-refractivity contribution in [2.75, 3.05) is 26.8 Å². The third-order valence-electron chi connectivity index (χ3n) is 6.71. The average Bonchev–Trinajstić information content (AvgIpc) is 3.62. The van der Waals surface area contributed by atoms with Crippen molar-refractivity contribution in [3.8, 4) is 22.8 Å². The molecule has 5 rings (SSSR count). The third-order valence-corrected chi connectivity index (χ3v) is 6.71. The van der Waals surface area contributed by atoms with Crippen LogP contribution in [0.5, 0.6) is 11.5 Å². The molecule has 0 atom stereocenters. The maximum Gasteiger partial charge on any atom is 0.407 e. The van der Waals surface area contributed by atoms with Gasteiger partial charge in [0.15, 0.2) is 0 Å². The van der Waals surface area contributed by atoms with Crippen molar-refractivity contribution in [3.63, 3.8) is 0 Å². The minimum Gasteiger partial charge on any atom is -0.497 e. The van der Waals surface area contributed by atoms with E-state index in [0.29, 0.717) is 77.9 Å². The molecular formula is C25H29N5O5. The lowest BCUT2D eigenvalue weighted by molar-refractivity contribution is 0.0908. The van der Waals surface area contributed by atoms with Crippen LogP contribution in [0.25, 0.3) is 22.3 Å². The molecule has 2 amide bonds. The van der Waals surface area contributed by atoms with Crippen LogP contribution >= 0.6 is 0 Å². The molecule has 0 radical (unpaired) electrons. The summed E-state index contributed by atoms with van der Waals surface area (Å²) in [6.07, 6.45) is 4.05. The van der Waals surface area contributed by atoms with Crippen molar-refractivity contribution >= 4 is 23.0 Å². The number of nitrogens with zero attached hydrogens (tertiary/aromatic N) is 3. The Kier molecular flexibility index (Phi) is 6.19. The number of likely N-dealkylation sites (tertiary alicyclic amines) is 1. The molecule has 1 aliphatic heterocycles. The van der Waals surface area contributed by atoms with Crippen molar-refractivity contribution in [3.05, 3.63) is 35.8 Å². The molecule has 3 aromatic rings. The first-order valence-electron chi connectivity index (χ1n) is 11.9. The molecule has 10 heteroatoms. The Hall–Kier alpha value is -3.82. The summed E-state index contributed by atoms with van der Waals surface area (Å²) in [7, 11) is 1.61. The summed E-state index contributed by atoms with van der Waals surface area (Å²) in [5.74, 6) is 1.75. The summed E-state index contributed by atoms with van der Waals surface area (Å²) in [5.41, 5.74) is 3.74. The number of fused-ring (bicyclic) bond motifs is 1. The number of carbonyl (C=O) groups is 2. The molecule has 3 heterocycles. The van der Waals surface area contributed by atoms with Gasteiger partial charge < -0.3 is 29.8 Å². The first-order chi connectivity index (χ1) is 16.9. The normalized spacial score (nSPS) is 16.3. The van der Waals surface area contributed by atoms with Crippen LogP contribution < -0.4 is 14.8 Å². The molecule has 2 aliphatic rings. The van der Waals surface area contributed by atoms with Crippen molar-refractivity contribution in [1.82, 2.24) is 25.2 Å². The number of H-pyrrole nitrogens is 1. The molecular weight excluding hydrogens is 450 g/mol. The van der Waals surface area contributed by atoms with Gasteiger partial charge in [-0.3, -0.25) is 4.79 Å². The number of hydrogen-bond acceptors (Lipinski definition) is 6. The van der Waals surface area contributed by atoms with Gasteiger partial charge in [-0.05, 0) is 56.7 Å². The standard InChI is InChI=1S/C25H29N5O5/c1-14-20(24(31)29-16-7-9-30(10-8-16)25(32)33)22-23(28-14)21(26-13-27-22)18-11-17(34-2)5-6-19(18)35-12-15-3-4-15/h5-6,11,13,15-16,28H,3-4,7-10,12H2,1-2H3,(H,29,31)(H,32,33). The number of benzene rings is 1. The van der Waals surface area contributed by atoms with Crippen molar-refractivity contribution in [2.24, 2.45) is 5.92 Å². The van der Waals surface area contributed by atoms with Crippen LogP contribution in [0.2, 0.25) is 0 Å². The number of carbonyl (C=O) groups excluding carboxylic acids is 1. The first kappa shape index (κ1) is 22.9. The predicted octanol–water partition coefficient (Wildman–Crippen LogP) is 3.60. The van der Waals surface area contributed by atoms with Crippen LogP contribution in [0.3, 0.4) is 0 Å². The van der Waals surface area contributed by atoms with Crippen LogP contribution in [0.15, 0.2) is 24.5 Å². The summed E-state index contributed by atoms with van der Waals surface area (Å²) >= 11 is 0. The van der Waals surface area contributed by atoms with E-state index in [1.807, 2.05) is 25.1 Å². The van der Waals surface area contributed by atoms with E-state index >= 15 is 0 Å². The lowest BCUT2D eigenvalue weighted by Crippen LogP contribution is -2.46. The van der Waals surface area contributed by atoms with E-state index in [9.17, 15) is 9.59 Å². The van der Waals surface area contributed by atoms with E-state index < -0.39 is 6.09 Å². The lowest BCUT2D eigenvalue weighted by atomic mass is 10.0. The van der Waals surface area contributed by atoms with E-state index in [1.165, 1.54) is 24.1 Å². The Morgan fingerprint density at radius 1 is 1.20 bits per heavy atom. The average molecular weight is 480 g/mol. The van der Waals surface area contributed by atoms with Gasteiger partial charge in [-0.15, -0.1) is 0 Å². The van der Waals surface area contributed by atoms with E-state index in [4.69, 9.17) is 14.6 Å². The molecule has 10 nitrogen and oxygen atoms in total. The first-order valence-corrected chi connectivity index (χ1v) is 11.9. The second-order valence-corrected chi connectivity index (χ2v) is 9.20. The maximum absolute atomic E-state index is 13.3. The second-order valence-electron chi connectivity index (χ2n) is 9.20. The van der Waals surface area contributed by atoms with Gasteiger partial charge >= 0.3 is 6.09 Å². The van der Waals surface area contributed by atoms with Crippen LogP contribution in [-0.2, 0) is 0 Å². The molecule has 1 aromatic carbocycles. The van der Waals surface area contributed by atoms with Gasteiger partial charge in [0, 0.05) is 30.4 Å². The second kappa shape index (κ2) is 9.44. The molecule has 0 bridgehead atoms. The number of aromatic amines is 1. The molecule has 35 heavy (non-hydrogen) atoms. The highest BCUT2D eigenvalue weighted by Gasteiger charge is 2.27.